The number of hydrogen-bond acceptors (Lipinski definition) is 3. The Labute approximate surface area is 108 Å². The lowest BCUT2D eigenvalue weighted by molar-refractivity contribution is 0.117. The summed E-state index contributed by atoms with van der Waals surface area (Å²) in [5.41, 5.74) is 0.183. The van der Waals surface area contributed by atoms with Gasteiger partial charge in [0.15, 0.2) is 0 Å². The van der Waals surface area contributed by atoms with Gasteiger partial charge < -0.3 is 10.4 Å². The molecule has 2 rings (SSSR count). The molecule has 17 heavy (non-hydrogen) atoms. The molecule has 1 saturated heterocycles. The van der Waals surface area contributed by atoms with Crippen LogP contribution in [-0.4, -0.2) is 17.7 Å². The van der Waals surface area contributed by atoms with Crippen molar-refractivity contribution in [3.8, 4) is 0 Å². The van der Waals surface area contributed by atoms with E-state index < -0.39 is 0 Å². The minimum absolute atomic E-state index is 0.183. The average Bonchev–Trinajstić information content (AvgIpc) is 2.78. The smallest absolute Gasteiger partial charge is 0.103 e. The summed E-state index contributed by atoms with van der Waals surface area (Å²) < 4.78 is 0. The van der Waals surface area contributed by atoms with Crippen LogP contribution in [0.2, 0.25) is 0 Å². The van der Waals surface area contributed by atoms with E-state index in [-0.39, 0.29) is 17.6 Å². The zero-order valence-electron chi connectivity index (χ0n) is 11.0. The second kappa shape index (κ2) is 5.09. The minimum Gasteiger partial charge on any atom is -0.386 e. The molecule has 0 radical (unpaired) electrons. The van der Waals surface area contributed by atoms with Gasteiger partial charge in [0.05, 0.1) is 0 Å². The van der Waals surface area contributed by atoms with Gasteiger partial charge in [0.25, 0.3) is 0 Å². The largest absolute Gasteiger partial charge is 0.386 e. The van der Waals surface area contributed by atoms with Crippen LogP contribution in [0.4, 0.5) is 0 Å². The normalized spacial score (nSPS) is 23.6. The first-order chi connectivity index (χ1) is 7.98. The third kappa shape index (κ3) is 3.09. The van der Waals surface area contributed by atoms with E-state index in [2.05, 4.69) is 38.2 Å². The lowest BCUT2D eigenvalue weighted by Gasteiger charge is -2.27. The standard InChI is InChI=1S/C14H23NOS/c1-14(2,3)12-8-7-11(17-12)13(16)10-6-4-5-9-15-10/h7-8,10,13,15-16H,4-6,9H2,1-3H3. The topological polar surface area (TPSA) is 32.3 Å². The Morgan fingerprint density at radius 3 is 2.65 bits per heavy atom. The molecule has 1 aliphatic heterocycles. The van der Waals surface area contributed by atoms with Crippen molar-refractivity contribution in [1.82, 2.24) is 5.32 Å². The summed E-state index contributed by atoms with van der Waals surface area (Å²) in [5.74, 6) is 0. The number of nitrogens with one attached hydrogen (secondary N) is 1. The van der Waals surface area contributed by atoms with E-state index in [0.29, 0.717) is 0 Å². The fourth-order valence-electron chi connectivity index (χ4n) is 2.26. The summed E-state index contributed by atoms with van der Waals surface area (Å²) in [6.07, 6.45) is 3.22. The molecule has 0 aliphatic carbocycles. The van der Waals surface area contributed by atoms with Crippen molar-refractivity contribution in [2.45, 2.75) is 57.6 Å². The fraction of sp³-hybridized carbons (Fsp3) is 0.714. The summed E-state index contributed by atoms with van der Waals surface area (Å²) in [4.78, 5) is 2.46. The molecule has 0 saturated carbocycles. The van der Waals surface area contributed by atoms with Gasteiger partial charge in [-0.05, 0) is 36.9 Å². The van der Waals surface area contributed by atoms with Crippen LogP contribution in [0.25, 0.3) is 0 Å². The molecule has 1 aromatic rings. The first-order valence-corrected chi connectivity index (χ1v) is 7.32. The maximum Gasteiger partial charge on any atom is 0.103 e. The van der Waals surface area contributed by atoms with Crippen LogP contribution in [0.3, 0.4) is 0 Å². The van der Waals surface area contributed by atoms with E-state index in [1.807, 2.05) is 0 Å². The molecule has 2 nitrogen and oxygen atoms in total. The molecule has 0 amide bonds. The predicted molar refractivity (Wildman–Crippen MR) is 73.6 cm³/mol. The van der Waals surface area contributed by atoms with Crippen molar-refractivity contribution in [3.63, 3.8) is 0 Å². The van der Waals surface area contributed by atoms with Crippen molar-refractivity contribution < 1.29 is 5.11 Å². The highest BCUT2D eigenvalue weighted by Gasteiger charge is 2.25. The highest BCUT2D eigenvalue weighted by Crippen LogP contribution is 2.34. The van der Waals surface area contributed by atoms with E-state index in [9.17, 15) is 5.11 Å². The van der Waals surface area contributed by atoms with Crippen molar-refractivity contribution in [2.24, 2.45) is 0 Å². The zero-order chi connectivity index (χ0) is 12.5. The van der Waals surface area contributed by atoms with Gasteiger partial charge in [0, 0.05) is 15.8 Å². The number of hydrogen-bond donors (Lipinski definition) is 2. The van der Waals surface area contributed by atoms with E-state index in [1.165, 1.54) is 17.7 Å². The molecule has 2 atom stereocenters. The van der Waals surface area contributed by atoms with Gasteiger partial charge >= 0.3 is 0 Å². The molecule has 1 aliphatic rings. The van der Waals surface area contributed by atoms with Crippen LogP contribution < -0.4 is 5.32 Å². The van der Waals surface area contributed by atoms with Crippen LogP contribution in [0, 0.1) is 0 Å². The minimum atomic E-state index is -0.337. The summed E-state index contributed by atoms with van der Waals surface area (Å²) in [7, 11) is 0. The lowest BCUT2D eigenvalue weighted by atomic mass is 9.95. The second-order valence-corrected chi connectivity index (χ2v) is 7.07. The maximum atomic E-state index is 10.4. The Morgan fingerprint density at radius 1 is 1.35 bits per heavy atom. The Kier molecular flexibility index (Phi) is 3.91. The zero-order valence-corrected chi connectivity index (χ0v) is 11.8. The molecule has 1 aromatic heterocycles. The molecular formula is C14H23NOS. The Balaban J connectivity index is 2.08. The van der Waals surface area contributed by atoms with Crippen molar-refractivity contribution in [3.05, 3.63) is 21.9 Å². The molecule has 0 bridgehead atoms. The van der Waals surface area contributed by atoms with E-state index in [1.54, 1.807) is 11.3 Å². The Bertz CT molecular complexity index is 361. The van der Waals surface area contributed by atoms with Gasteiger partial charge in [0.1, 0.15) is 6.10 Å². The van der Waals surface area contributed by atoms with Crippen LogP contribution in [0.1, 0.15) is 55.9 Å². The van der Waals surface area contributed by atoms with Crippen LogP contribution in [0.5, 0.6) is 0 Å². The third-order valence-corrected chi connectivity index (χ3v) is 4.97. The molecule has 1 fully saturated rings. The molecule has 2 heterocycles. The average molecular weight is 253 g/mol. The molecule has 0 spiro atoms. The molecule has 3 heteroatoms. The van der Waals surface area contributed by atoms with E-state index >= 15 is 0 Å². The van der Waals surface area contributed by atoms with Gasteiger partial charge in [-0.3, -0.25) is 0 Å². The first-order valence-electron chi connectivity index (χ1n) is 6.50. The van der Waals surface area contributed by atoms with Gasteiger partial charge in [-0.25, -0.2) is 0 Å². The van der Waals surface area contributed by atoms with Crippen molar-refractivity contribution in [2.75, 3.05) is 6.54 Å². The Morgan fingerprint density at radius 2 is 2.12 bits per heavy atom. The quantitative estimate of drug-likeness (QED) is 0.848. The number of rotatable bonds is 2. The van der Waals surface area contributed by atoms with Gasteiger partial charge in [-0.15, -0.1) is 11.3 Å². The second-order valence-electron chi connectivity index (χ2n) is 5.95. The lowest BCUT2D eigenvalue weighted by Crippen LogP contribution is -2.38. The van der Waals surface area contributed by atoms with Crippen LogP contribution in [-0.2, 0) is 5.41 Å². The van der Waals surface area contributed by atoms with Gasteiger partial charge in [-0.1, -0.05) is 27.2 Å². The highest BCUT2D eigenvalue weighted by molar-refractivity contribution is 7.12. The third-order valence-electron chi connectivity index (χ3n) is 3.39. The maximum absolute atomic E-state index is 10.4. The number of thiophene rings is 1. The monoisotopic (exact) mass is 253 g/mol. The van der Waals surface area contributed by atoms with Crippen LogP contribution in [0.15, 0.2) is 12.1 Å². The fourth-order valence-corrected chi connectivity index (χ4v) is 3.38. The van der Waals surface area contributed by atoms with Gasteiger partial charge in [0.2, 0.25) is 0 Å². The summed E-state index contributed by atoms with van der Waals surface area (Å²) >= 11 is 1.75. The van der Waals surface area contributed by atoms with Crippen molar-refractivity contribution >= 4 is 11.3 Å². The molecule has 96 valence electrons. The molecule has 0 aromatic carbocycles. The number of aliphatic hydroxyl groups is 1. The molecule has 2 N–H and O–H groups in total. The van der Waals surface area contributed by atoms with Crippen LogP contribution >= 0.6 is 11.3 Å². The predicted octanol–water partition coefficient (Wildman–Crippen LogP) is 3.22. The highest BCUT2D eigenvalue weighted by atomic mass is 32.1. The molecule has 2 unspecified atom stereocenters. The van der Waals surface area contributed by atoms with Crippen molar-refractivity contribution in [1.29, 1.82) is 0 Å². The number of piperidine rings is 1. The summed E-state index contributed by atoms with van der Waals surface area (Å²) in [6.45, 7) is 7.69. The first kappa shape index (κ1) is 13.1. The van der Waals surface area contributed by atoms with Gasteiger partial charge in [-0.2, -0.15) is 0 Å². The number of aliphatic hydroxyl groups excluding tert-OH is 1. The van der Waals surface area contributed by atoms with E-state index in [4.69, 9.17) is 0 Å². The molecular weight excluding hydrogens is 230 g/mol. The van der Waals surface area contributed by atoms with E-state index in [0.717, 1.165) is 17.8 Å². The summed E-state index contributed by atoms with van der Waals surface area (Å²) in [5, 5.41) is 13.8. The summed E-state index contributed by atoms with van der Waals surface area (Å²) in [6, 6.07) is 4.49. The Hall–Kier alpha value is -0.380. The SMILES string of the molecule is CC(C)(C)c1ccc(C(O)C2CCCCN2)s1.